The minimum atomic E-state index is -2.14. The van der Waals surface area contributed by atoms with Gasteiger partial charge in [0.15, 0.2) is 11.6 Å². The van der Waals surface area contributed by atoms with E-state index in [1.54, 1.807) is 30.1 Å². The number of amides is 1. The third-order valence-electron chi connectivity index (χ3n) is 6.67. The molecule has 1 aliphatic rings. The molecule has 0 saturated carbocycles. The molecule has 0 unspecified atom stereocenters. The zero-order chi connectivity index (χ0) is 30.0. The zero-order valence-corrected chi connectivity index (χ0v) is 22.1. The van der Waals surface area contributed by atoms with Gasteiger partial charge in [-0.05, 0) is 49.1 Å². The summed E-state index contributed by atoms with van der Waals surface area (Å²) in [6.45, 7) is 0.790. The number of likely N-dealkylation sites (N-methyl/N-ethyl adjacent to an activating group) is 1. The van der Waals surface area contributed by atoms with E-state index in [4.69, 9.17) is 13.6 Å². The summed E-state index contributed by atoms with van der Waals surface area (Å²) in [5, 5.41) is 15.4. The van der Waals surface area contributed by atoms with E-state index in [9.17, 15) is 4.79 Å². The highest BCUT2D eigenvalue weighted by Crippen LogP contribution is 2.26. The lowest BCUT2D eigenvalue weighted by atomic mass is 9.98. The molecule has 39 heavy (non-hydrogen) atoms. The Morgan fingerprint density at radius 1 is 1.21 bits per heavy atom. The Labute approximate surface area is 230 Å². The van der Waals surface area contributed by atoms with Gasteiger partial charge in [-0.25, -0.2) is 9.07 Å². The van der Waals surface area contributed by atoms with Gasteiger partial charge in [-0.2, -0.15) is 5.10 Å². The van der Waals surface area contributed by atoms with E-state index in [0.29, 0.717) is 48.7 Å². The van der Waals surface area contributed by atoms with Gasteiger partial charge in [-0.1, -0.05) is 23.4 Å². The molecule has 4 aromatic rings. The first-order valence-corrected chi connectivity index (χ1v) is 12.5. The molecule has 5 rings (SSSR count). The molecule has 0 atom stereocenters. The number of aryl methyl sites for hydroxylation is 1. The molecule has 0 radical (unpaired) electrons. The van der Waals surface area contributed by atoms with E-state index in [-0.39, 0.29) is 24.5 Å². The monoisotopic (exact) mass is 536 g/mol. The van der Waals surface area contributed by atoms with Crippen LogP contribution in [0.3, 0.4) is 0 Å². The lowest BCUT2D eigenvalue weighted by molar-refractivity contribution is 0.0945. The van der Waals surface area contributed by atoms with Crippen LogP contribution >= 0.6 is 0 Å². The van der Waals surface area contributed by atoms with E-state index < -0.39 is 18.7 Å². The number of hydrogen-bond acceptors (Lipinski definition) is 7. The second kappa shape index (κ2) is 11.3. The van der Waals surface area contributed by atoms with Crippen LogP contribution in [0.4, 0.5) is 4.39 Å². The zero-order valence-electron chi connectivity index (χ0n) is 25.1. The molecule has 1 aliphatic heterocycles. The minimum Gasteiger partial charge on any atom is -0.494 e. The number of fused-ring (bicyclic) bond motifs is 1. The molecule has 204 valence electrons. The average molecular weight is 537 g/mol. The fourth-order valence-corrected chi connectivity index (χ4v) is 4.73. The molecule has 11 heteroatoms. The second-order valence-corrected chi connectivity index (χ2v) is 9.46. The first-order valence-electron chi connectivity index (χ1n) is 14.0. The molecule has 10 nitrogen and oxygen atoms in total. The quantitative estimate of drug-likeness (QED) is 0.351. The summed E-state index contributed by atoms with van der Waals surface area (Å²) in [4.78, 5) is 14.8. The standard InChI is InChI=1S/C28H32FN7O3/c1-18-13-36(33-31-18)25-7-8-26(39-4)27(29)22(25)12-30-28(37)23-16-35(32-24(23)17-38-3)14-19-5-6-20-9-10-34(2)15-21(20)11-19/h5-8,11,13,16H,9-10,12,14-15,17H2,1-4H3,(H,30,37)/i2D3. The van der Waals surface area contributed by atoms with Gasteiger partial charge >= 0.3 is 0 Å². The van der Waals surface area contributed by atoms with E-state index in [2.05, 4.69) is 20.7 Å². The first kappa shape index (κ1) is 22.9. The van der Waals surface area contributed by atoms with Gasteiger partial charge < -0.3 is 19.7 Å². The number of aromatic nitrogens is 5. The number of methoxy groups -OCH3 is 2. The second-order valence-electron chi connectivity index (χ2n) is 9.46. The van der Waals surface area contributed by atoms with E-state index in [1.165, 1.54) is 29.9 Å². The Hall–Kier alpha value is -4.09. The van der Waals surface area contributed by atoms with Crippen LogP contribution in [0.5, 0.6) is 5.75 Å². The number of ether oxygens (including phenoxy) is 2. The fourth-order valence-electron chi connectivity index (χ4n) is 4.73. The van der Waals surface area contributed by atoms with Crippen molar-refractivity contribution in [2.75, 3.05) is 27.7 Å². The number of carbonyl (C=O) groups excluding carboxylic acids is 1. The normalized spacial score (nSPS) is 14.8. The molecule has 2 aromatic carbocycles. The molecule has 0 aliphatic carbocycles. The van der Waals surface area contributed by atoms with Crippen LogP contribution in [0, 0.1) is 12.7 Å². The Bertz CT molecular complexity index is 1600. The number of halogens is 1. The molecule has 0 fully saturated rings. The number of hydrogen-bond donors (Lipinski definition) is 1. The van der Waals surface area contributed by atoms with Crippen LogP contribution in [0.2, 0.25) is 0 Å². The van der Waals surface area contributed by atoms with Crippen LogP contribution < -0.4 is 10.1 Å². The number of nitrogens with zero attached hydrogens (tertiary/aromatic N) is 6. The summed E-state index contributed by atoms with van der Waals surface area (Å²) in [6, 6.07) is 9.15. The highest BCUT2D eigenvalue weighted by Gasteiger charge is 2.21. The molecule has 0 spiro atoms. The summed E-state index contributed by atoms with van der Waals surface area (Å²) in [5.41, 5.74) is 5.02. The number of rotatable bonds is 9. The maximum Gasteiger partial charge on any atom is 0.255 e. The number of carbonyl (C=O) groups is 1. The summed E-state index contributed by atoms with van der Waals surface area (Å²) < 4.78 is 52.1. The van der Waals surface area contributed by atoms with Crippen molar-refractivity contribution in [2.45, 2.75) is 39.6 Å². The van der Waals surface area contributed by atoms with Gasteiger partial charge in [0.2, 0.25) is 0 Å². The number of nitrogens with one attached hydrogen (secondary N) is 1. The first-order chi connectivity index (χ1) is 20.1. The van der Waals surface area contributed by atoms with Crippen molar-refractivity contribution in [3.8, 4) is 11.4 Å². The molecule has 3 heterocycles. The topological polar surface area (TPSA) is 99.3 Å². The van der Waals surface area contributed by atoms with Crippen molar-refractivity contribution in [3.63, 3.8) is 0 Å². The van der Waals surface area contributed by atoms with Gasteiger partial charge in [0.05, 0.1) is 43.4 Å². The van der Waals surface area contributed by atoms with Crippen LogP contribution in [0.25, 0.3) is 5.69 Å². The largest absolute Gasteiger partial charge is 0.494 e. The summed E-state index contributed by atoms with van der Waals surface area (Å²) in [7, 11) is 2.89. The van der Waals surface area contributed by atoms with Crippen LogP contribution in [-0.2, 0) is 37.4 Å². The Kier molecular flexibility index (Phi) is 6.65. The average Bonchev–Trinajstić information content (AvgIpc) is 3.57. The maximum absolute atomic E-state index is 15.3. The lowest BCUT2D eigenvalue weighted by Crippen LogP contribution is -2.26. The third-order valence-corrected chi connectivity index (χ3v) is 6.67. The highest BCUT2D eigenvalue weighted by molar-refractivity contribution is 5.95. The number of benzene rings is 2. The Morgan fingerprint density at radius 2 is 2.08 bits per heavy atom. The molecular formula is C28H32FN7O3. The van der Waals surface area contributed by atoms with Crippen molar-refractivity contribution < 1.29 is 22.8 Å². The predicted octanol–water partition coefficient (Wildman–Crippen LogP) is 3.03. The summed E-state index contributed by atoms with van der Waals surface area (Å²) >= 11 is 0. The van der Waals surface area contributed by atoms with Crippen LogP contribution in [-0.4, -0.2) is 63.3 Å². The summed E-state index contributed by atoms with van der Waals surface area (Å²) in [5.74, 6) is -1.02. The van der Waals surface area contributed by atoms with E-state index >= 15 is 4.39 Å². The Morgan fingerprint density at radius 3 is 2.82 bits per heavy atom. The fraction of sp³-hybridized carbons (Fsp3) is 0.357. The lowest BCUT2D eigenvalue weighted by Gasteiger charge is -2.25. The Balaban J connectivity index is 1.36. The van der Waals surface area contributed by atoms with E-state index in [1.807, 2.05) is 18.2 Å². The van der Waals surface area contributed by atoms with Crippen molar-refractivity contribution >= 4 is 5.91 Å². The van der Waals surface area contributed by atoms with Gasteiger partial charge in [-0.3, -0.25) is 9.48 Å². The summed E-state index contributed by atoms with van der Waals surface area (Å²) in [6.07, 6.45) is 3.96. The smallest absolute Gasteiger partial charge is 0.255 e. The molecule has 2 aromatic heterocycles. The van der Waals surface area contributed by atoms with Gasteiger partial charge in [0.25, 0.3) is 5.91 Å². The van der Waals surface area contributed by atoms with Crippen molar-refractivity contribution in [1.29, 1.82) is 0 Å². The molecule has 0 saturated heterocycles. The van der Waals surface area contributed by atoms with Crippen molar-refractivity contribution in [2.24, 2.45) is 0 Å². The van der Waals surface area contributed by atoms with Gasteiger partial charge in [0.1, 0.15) is 5.69 Å². The SMILES string of the molecule is [2H]C([2H])([2H])N1CCc2ccc(Cn3cc(C(=O)NCc4c(-n5cc(C)nn5)ccc(OC)c4F)c(COC)n3)cc2C1. The molecule has 1 N–H and O–H groups in total. The van der Waals surface area contributed by atoms with Crippen LogP contribution in [0.15, 0.2) is 42.7 Å². The molecular weight excluding hydrogens is 501 g/mol. The van der Waals surface area contributed by atoms with Gasteiger partial charge in [-0.15, -0.1) is 5.10 Å². The van der Waals surface area contributed by atoms with Crippen molar-refractivity contribution in [1.82, 2.24) is 35.0 Å². The van der Waals surface area contributed by atoms with Crippen molar-refractivity contribution in [3.05, 3.63) is 87.7 Å². The van der Waals surface area contributed by atoms with Crippen LogP contribution in [0.1, 0.15) is 48.1 Å². The molecule has 0 bridgehead atoms. The highest BCUT2D eigenvalue weighted by atomic mass is 19.1. The third kappa shape index (κ3) is 5.69. The molecule has 1 amide bonds. The minimum absolute atomic E-state index is 0.0414. The predicted molar refractivity (Wildman–Crippen MR) is 142 cm³/mol. The van der Waals surface area contributed by atoms with E-state index in [0.717, 1.165) is 16.7 Å². The maximum atomic E-state index is 15.3. The van der Waals surface area contributed by atoms with Gasteiger partial charge in [0, 0.05) is 42.6 Å².